The average Bonchev–Trinajstić information content (AvgIpc) is 3.20. The Hall–Kier alpha value is -1.51. The molecule has 2 aliphatic heterocycles. The number of hydrogen-bond donors (Lipinski definition) is 2. The molecule has 0 radical (unpaired) electrons. The van der Waals surface area contributed by atoms with Crippen molar-refractivity contribution in [1.82, 2.24) is 15.5 Å². The Labute approximate surface area is 175 Å². The van der Waals surface area contributed by atoms with Gasteiger partial charge in [-0.25, -0.2) is 0 Å². The van der Waals surface area contributed by atoms with Gasteiger partial charge in [0.05, 0.1) is 6.04 Å². The van der Waals surface area contributed by atoms with E-state index in [1.807, 2.05) is 12.1 Å². The minimum absolute atomic E-state index is 0. The Bertz CT molecular complexity index is 654. The molecule has 1 aromatic carbocycles. The first kappa shape index (κ1) is 23.8. The summed E-state index contributed by atoms with van der Waals surface area (Å²) in [5, 5.41) is 6.25. The van der Waals surface area contributed by atoms with Crippen molar-refractivity contribution < 1.29 is 22.7 Å². The molecule has 2 aliphatic rings. The van der Waals surface area contributed by atoms with Crippen LogP contribution in [0.25, 0.3) is 0 Å². The number of piperidine rings is 1. The normalized spacial score (nSPS) is 22.7. The third-order valence-electron chi connectivity index (χ3n) is 5.30. The zero-order valence-corrected chi connectivity index (χ0v) is 17.2. The largest absolute Gasteiger partial charge is 0.484 e. The summed E-state index contributed by atoms with van der Waals surface area (Å²) in [6.07, 6.45) is -0.382. The van der Waals surface area contributed by atoms with E-state index in [-0.39, 0.29) is 30.1 Å². The van der Waals surface area contributed by atoms with E-state index in [0.29, 0.717) is 19.0 Å². The van der Waals surface area contributed by atoms with Gasteiger partial charge in [-0.1, -0.05) is 18.2 Å². The van der Waals surface area contributed by atoms with Crippen molar-refractivity contribution in [2.24, 2.45) is 5.92 Å². The molecule has 9 heteroatoms. The third kappa shape index (κ3) is 7.68. The van der Waals surface area contributed by atoms with E-state index < -0.39 is 12.8 Å². The minimum atomic E-state index is -4.35. The first-order valence-electron chi connectivity index (χ1n) is 9.91. The molecule has 0 spiro atoms. The molecule has 2 unspecified atom stereocenters. The predicted molar refractivity (Wildman–Crippen MR) is 107 cm³/mol. The van der Waals surface area contributed by atoms with E-state index in [9.17, 15) is 18.0 Å². The highest BCUT2D eigenvalue weighted by molar-refractivity contribution is 5.85. The summed E-state index contributed by atoms with van der Waals surface area (Å²) in [4.78, 5) is 14.4. The molecule has 29 heavy (non-hydrogen) atoms. The molecule has 5 nitrogen and oxygen atoms in total. The molecule has 1 amide bonds. The molecule has 3 rings (SSSR count). The zero-order valence-electron chi connectivity index (χ0n) is 16.3. The summed E-state index contributed by atoms with van der Waals surface area (Å²) < 4.78 is 42.4. The zero-order chi connectivity index (χ0) is 20.0. The van der Waals surface area contributed by atoms with Crippen LogP contribution in [0.2, 0.25) is 0 Å². The maximum atomic E-state index is 12.5. The summed E-state index contributed by atoms with van der Waals surface area (Å²) in [6.45, 7) is 2.50. The quantitative estimate of drug-likeness (QED) is 0.691. The Morgan fingerprint density at radius 1 is 1.24 bits per heavy atom. The fourth-order valence-electron chi connectivity index (χ4n) is 3.91. The molecule has 2 heterocycles. The second-order valence-corrected chi connectivity index (χ2v) is 7.65. The third-order valence-corrected chi connectivity index (χ3v) is 5.30. The number of carbonyl (C=O) groups excluding carboxylic acids is 1. The van der Waals surface area contributed by atoms with Crippen molar-refractivity contribution in [3.05, 3.63) is 29.8 Å². The van der Waals surface area contributed by atoms with Crippen LogP contribution in [-0.2, 0) is 11.3 Å². The topological polar surface area (TPSA) is 53.6 Å². The van der Waals surface area contributed by atoms with Gasteiger partial charge in [-0.05, 0) is 50.8 Å². The van der Waals surface area contributed by atoms with Crippen LogP contribution in [0.15, 0.2) is 24.3 Å². The lowest BCUT2D eigenvalue weighted by molar-refractivity contribution is -0.153. The molecule has 1 aromatic rings. The summed E-state index contributed by atoms with van der Waals surface area (Å²) >= 11 is 0. The molecule has 0 aromatic heterocycles. The highest BCUT2D eigenvalue weighted by atomic mass is 35.5. The number of hydrogen-bond acceptors (Lipinski definition) is 4. The lowest BCUT2D eigenvalue weighted by Gasteiger charge is -2.33. The van der Waals surface area contributed by atoms with Crippen LogP contribution >= 0.6 is 12.4 Å². The lowest BCUT2D eigenvalue weighted by Crippen LogP contribution is -2.45. The molecule has 2 fully saturated rings. The number of likely N-dealkylation sites (tertiary alicyclic amines) is 1. The van der Waals surface area contributed by atoms with Crippen molar-refractivity contribution in [1.29, 1.82) is 0 Å². The van der Waals surface area contributed by atoms with Gasteiger partial charge in [0.25, 0.3) is 0 Å². The molecule has 164 valence electrons. The number of para-hydroxylation sites is 1. The number of benzene rings is 1. The van der Waals surface area contributed by atoms with E-state index >= 15 is 0 Å². The molecule has 2 saturated heterocycles. The Balaban J connectivity index is 0.00000300. The van der Waals surface area contributed by atoms with Crippen molar-refractivity contribution in [2.75, 3.05) is 32.8 Å². The number of carbonyl (C=O) groups is 1. The lowest BCUT2D eigenvalue weighted by atomic mass is 9.97. The monoisotopic (exact) mass is 435 g/mol. The van der Waals surface area contributed by atoms with Crippen molar-refractivity contribution in [3.63, 3.8) is 0 Å². The van der Waals surface area contributed by atoms with Gasteiger partial charge in [-0.2, -0.15) is 13.2 Å². The first-order valence-corrected chi connectivity index (χ1v) is 9.91. The number of nitrogens with one attached hydrogen (secondary N) is 2. The van der Waals surface area contributed by atoms with Crippen LogP contribution in [0.4, 0.5) is 13.2 Å². The Kier molecular flexibility index (Phi) is 9.04. The van der Waals surface area contributed by atoms with Gasteiger partial charge in [-0.15, -0.1) is 12.4 Å². The number of halogens is 4. The van der Waals surface area contributed by atoms with E-state index in [4.69, 9.17) is 4.74 Å². The van der Waals surface area contributed by atoms with Gasteiger partial charge in [0.15, 0.2) is 6.61 Å². The van der Waals surface area contributed by atoms with Crippen LogP contribution in [0.3, 0.4) is 0 Å². The van der Waals surface area contributed by atoms with Gasteiger partial charge in [0, 0.05) is 25.2 Å². The van der Waals surface area contributed by atoms with Crippen molar-refractivity contribution in [2.45, 2.75) is 44.4 Å². The van der Waals surface area contributed by atoms with E-state index in [1.165, 1.54) is 0 Å². The molecule has 0 aliphatic carbocycles. The van der Waals surface area contributed by atoms with Crippen LogP contribution in [0.5, 0.6) is 5.75 Å². The Morgan fingerprint density at radius 3 is 2.76 bits per heavy atom. The smallest absolute Gasteiger partial charge is 0.422 e. The minimum Gasteiger partial charge on any atom is -0.484 e. The highest BCUT2D eigenvalue weighted by Gasteiger charge is 2.29. The van der Waals surface area contributed by atoms with Crippen molar-refractivity contribution >= 4 is 18.3 Å². The summed E-state index contributed by atoms with van der Waals surface area (Å²) in [5.74, 6) is 0.699. The number of ether oxygens (including phenoxy) is 1. The van der Waals surface area contributed by atoms with Crippen LogP contribution in [0.1, 0.15) is 31.2 Å². The number of alkyl halides is 3. The summed E-state index contributed by atoms with van der Waals surface area (Å²) in [5.41, 5.74) is 0.756. The Morgan fingerprint density at radius 2 is 2.03 bits per heavy atom. The maximum Gasteiger partial charge on any atom is 0.422 e. The first-order chi connectivity index (χ1) is 13.4. The molecule has 0 bridgehead atoms. The average molecular weight is 436 g/mol. The molecule has 2 N–H and O–H groups in total. The van der Waals surface area contributed by atoms with Crippen LogP contribution in [0, 0.1) is 5.92 Å². The van der Waals surface area contributed by atoms with Gasteiger partial charge in [-0.3, -0.25) is 9.69 Å². The number of rotatable bonds is 7. The summed E-state index contributed by atoms with van der Waals surface area (Å²) in [6, 6.07) is 6.81. The number of amides is 1. The molecular weight excluding hydrogens is 407 g/mol. The second-order valence-electron chi connectivity index (χ2n) is 7.65. The molecular formula is C20H29ClF3N3O2. The van der Waals surface area contributed by atoms with E-state index in [1.54, 1.807) is 12.1 Å². The van der Waals surface area contributed by atoms with Gasteiger partial charge < -0.3 is 15.4 Å². The van der Waals surface area contributed by atoms with Gasteiger partial charge >= 0.3 is 6.18 Å². The fraction of sp³-hybridized carbons (Fsp3) is 0.650. The second kappa shape index (κ2) is 11.0. The van der Waals surface area contributed by atoms with Gasteiger partial charge in [0.1, 0.15) is 5.75 Å². The highest BCUT2D eigenvalue weighted by Crippen LogP contribution is 2.25. The standard InChI is InChI=1S/C20H28F3N3O2.ClH/c21-20(22,23)14-28-18-8-2-1-6-16(18)13-26-10-4-5-15(12-26)11-25-19(27)17-7-3-9-24-17;/h1-2,6,8,15,17,24H,3-5,7,9-14H2,(H,25,27);1H. The predicted octanol–water partition coefficient (Wildman–Crippen LogP) is 3.13. The fourth-order valence-corrected chi connectivity index (χ4v) is 3.91. The summed E-state index contributed by atoms with van der Waals surface area (Å²) in [7, 11) is 0. The maximum absolute atomic E-state index is 12.5. The van der Waals surface area contributed by atoms with Crippen molar-refractivity contribution in [3.8, 4) is 5.75 Å². The van der Waals surface area contributed by atoms with E-state index in [2.05, 4.69) is 15.5 Å². The molecule has 0 saturated carbocycles. The van der Waals surface area contributed by atoms with Gasteiger partial charge in [0.2, 0.25) is 5.91 Å². The SMILES string of the molecule is Cl.O=C(NCC1CCCN(Cc2ccccc2OCC(F)(F)F)C1)C1CCCN1. The van der Waals surface area contributed by atoms with E-state index in [0.717, 1.165) is 50.9 Å². The number of nitrogens with zero attached hydrogens (tertiary/aromatic N) is 1. The molecule has 2 atom stereocenters. The van der Waals surface area contributed by atoms with Crippen LogP contribution in [-0.4, -0.2) is 55.8 Å². The van der Waals surface area contributed by atoms with Crippen LogP contribution < -0.4 is 15.4 Å².